The van der Waals surface area contributed by atoms with Gasteiger partial charge in [-0.1, -0.05) is 60.7 Å². The summed E-state index contributed by atoms with van der Waals surface area (Å²) in [7, 11) is 0. The third-order valence-electron chi connectivity index (χ3n) is 4.57. The number of carbonyl (C=O) groups excluding carboxylic acids is 1. The van der Waals surface area contributed by atoms with E-state index in [1.54, 1.807) is 37.3 Å². The van der Waals surface area contributed by atoms with Crippen molar-refractivity contribution >= 4 is 6.09 Å². The third-order valence-corrected chi connectivity index (χ3v) is 4.57. The molecular formula is C19H18F3NO2. The molecule has 1 aliphatic rings. The molecule has 0 saturated carbocycles. The molecule has 0 radical (unpaired) electrons. The zero-order chi connectivity index (χ0) is 18.1. The van der Waals surface area contributed by atoms with Crippen molar-refractivity contribution in [1.29, 1.82) is 0 Å². The van der Waals surface area contributed by atoms with Crippen molar-refractivity contribution in [2.24, 2.45) is 0 Å². The predicted octanol–water partition coefficient (Wildman–Crippen LogP) is 4.88. The van der Waals surface area contributed by atoms with Crippen molar-refractivity contribution in [3.63, 3.8) is 0 Å². The first-order valence-electron chi connectivity index (χ1n) is 7.98. The van der Waals surface area contributed by atoms with Gasteiger partial charge in [0.25, 0.3) is 0 Å². The Morgan fingerprint density at radius 3 is 2.16 bits per heavy atom. The van der Waals surface area contributed by atoms with E-state index < -0.39 is 30.3 Å². The lowest BCUT2D eigenvalue weighted by atomic mass is 9.83. The van der Waals surface area contributed by atoms with Gasteiger partial charge in [0, 0.05) is 6.54 Å². The second kappa shape index (κ2) is 6.43. The predicted molar refractivity (Wildman–Crippen MR) is 86.7 cm³/mol. The van der Waals surface area contributed by atoms with E-state index in [4.69, 9.17) is 4.74 Å². The van der Waals surface area contributed by atoms with Crippen LogP contribution >= 0.6 is 0 Å². The van der Waals surface area contributed by atoms with Crippen LogP contribution in [0.5, 0.6) is 0 Å². The Hall–Kier alpha value is -2.50. The summed E-state index contributed by atoms with van der Waals surface area (Å²) in [6.45, 7) is 1.81. The van der Waals surface area contributed by atoms with Crippen LogP contribution in [0.1, 0.15) is 24.5 Å². The summed E-state index contributed by atoms with van der Waals surface area (Å²) in [6.07, 6.45) is -6.42. The molecule has 0 spiro atoms. The van der Waals surface area contributed by atoms with E-state index in [0.29, 0.717) is 5.56 Å². The number of carbonyl (C=O) groups is 1. The second-order valence-corrected chi connectivity index (χ2v) is 6.20. The maximum Gasteiger partial charge on any atom is 0.411 e. The molecule has 1 aliphatic heterocycles. The Labute approximate surface area is 144 Å². The van der Waals surface area contributed by atoms with Gasteiger partial charge in [-0.25, -0.2) is 4.79 Å². The molecule has 2 aromatic carbocycles. The molecule has 1 heterocycles. The fraction of sp³-hybridized carbons (Fsp3) is 0.316. The first-order valence-corrected chi connectivity index (χ1v) is 7.98. The van der Waals surface area contributed by atoms with E-state index in [1.165, 1.54) is 4.90 Å². The van der Waals surface area contributed by atoms with Crippen molar-refractivity contribution < 1.29 is 22.7 Å². The van der Waals surface area contributed by atoms with E-state index in [1.807, 2.05) is 30.3 Å². The molecular weight excluding hydrogens is 331 g/mol. The van der Waals surface area contributed by atoms with Crippen molar-refractivity contribution in [3.05, 3.63) is 71.8 Å². The molecule has 1 saturated heterocycles. The highest BCUT2D eigenvalue weighted by molar-refractivity contribution is 5.72. The first-order chi connectivity index (χ1) is 11.8. The van der Waals surface area contributed by atoms with Crippen LogP contribution in [0.25, 0.3) is 0 Å². The summed E-state index contributed by atoms with van der Waals surface area (Å²) < 4.78 is 45.2. The molecule has 0 N–H and O–H groups in total. The largest absolute Gasteiger partial charge is 0.435 e. The molecule has 6 heteroatoms. The number of hydrogen-bond acceptors (Lipinski definition) is 2. The standard InChI is InChI=1S/C19H18F3NO2/c1-14-18(13-19(20,21)22,16-10-6-3-7-11-16)25-17(24)23(14)12-15-8-4-2-5-9-15/h2-11,14H,12-13H2,1H3. The van der Waals surface area contributed by atoms with E-state index in [9.17, 15) is 18.0 Å². The van der Waals surface area contributed by atoms with E-state index in [2.05, 4.69) is 0 Å². The molecule has 0 aromatic heterocycles. The number of hydrogen-bond donors (Lipinski definition) is 0. The van der Waals surface area contributed by atoms with Gasteiger partial charge < -0.3 is 4.74 Å². The first kappa shape index (κ1) is 17.3. The maximum absolute atomic E-state index is 13.3. The molecule has 1 fully saturated rings. The lowest BCUT2D eigenvalue weighted by Gasteiger charge is -2.34. The van der Waals surface area contributed by atoms with E-state index >= 15 is 0 Å². The van der Waals surface area contributed by atoms with Gasteiger partial charge in [-0.15, -0.1) is 0 Å². The number of nitrogens with zero attached hydrogens (tertiary/aromatic N) is 1. The Bertz CT molecular complexity index is 733. The number of alkyl halides is 3. The second-order valence-electron chi connectivity index (χ2n) is 6.20. The molecule has 0 bridgehead atoms. The topological polar surface area (TPSA) is 29.5 Å². The molecule has 2 unspecified atom stereocenters. The average molecular weight is 349 g/mol. The van der Waals surface area contributed by atoms with Crippen LogP contribution in [-0.2, 0) is 16.9 Å². The molecule has 0 aliphatic carbocycles. The summed E-state index contributed by atoms with van der Waals surface area (Å²) >= 11 is 0. The van der Waals surface area contributed by atoms with Crippen molar-refractivity contribution in [3.8, 4) is 0 Å². The van der Waals surface area contributed by atoms with Gasteiger partial charge in [0.1, 0.15) is 0 Å². The van der Waals surface area contributed by atoms with Gasteiger partial charge >= 0.3 is 12.3 Å². The summed E-state index contributed by atoms with van der Waals surface area (Å²) in [4.78, 5) is 13.8. The normalized spacial score (nSPS) is 23.6. The number of benzene rings is 2. The zero-order valence-electron chi connectivity index (χ0n) is 13.7. The minimum atomic E-state index is -4.47. The van der Waals surface area contributed by atoms with Crippen molar-refractivity contribution in [2.45, 2.75) is 37.7 Å². The number of halogens is 3. The Balaban J connectivity index is 1.97. The van der Waals surface area contributed by atoms with Crippen LogP contribution < -0.4 is 0 Å². The lowest BCUT2D eigenvalue weighted by Crippen LogP contribution is -2.44. The lowest BCUT2D eigenvalue weighted by molar-refractivity contribution is -0.176. The molecule has 2 atom stereocenters. The monoisotopic (exact) mass is 349 g/mol. The molecule has 3 rings (SSSR count). The summed E-state index contributed by atoms with van der Waals surface area (Å²) in [5.74, 6) is 0. The van der Waals surface area contributed by atoms with Crippen LogP contribution in [-0.4, -0.2) is 23.2 Å². The zero-order valence-corrected chi connectivity index (χ0v) is 13.7. The average Bonchev–Trinajstić information content (AvgIpc) is 2.80. The van der Waals surface area contributed by atoms with Crippen LogP contribution in [0.3, 0.4) is 0 Å². The Morgan fingerprint density at radius 2 is 1.60 bits per heavy atom. The summed E-state index contributed by atoms with van der Waals surface area (Å²) in [6, 6.07) is 16.5. The van der Waals surface area contributed by atoms with Gasteiger partial charge in [0.2, 0.25) is 0 Å². The number of rotatable bonds is 4. The van der Waals surface area contributed by atoms with Crippen LogP contribution in [0.15, 0.2) is 60.7 Å². The van der Waals surface area contributed by atoms with Gasteiger partial charge in [-0.3, -0.25) is 4.90 Å². The van der Waals surface area contributed by atoms with Crippen molar-refractivity contribution in [1.82, 2.24) is 4.90 Å². The van der Waals surface area contributed by atoms with E-state index in [-0.39, 0.29) is 6.54 Å². The minimum absolute atomic E-state index is 0.202. The molecule has 132 valence electrons. The summed E-state index contributed by atoms with van der Waals surface area (Å²) in [5, 5.41) is 0. The van der Waals surface area contributed by atoms with Gasteiger partial charge in [-0.2, -0.15) is 13.2 Å². The van der Waals surface area contributed by atoms with Gasteiger partial charge in [-0.05, 0) is 18.1 Å². The third kappa shape index (κ3) is 3.48. The molecule has 2 aromatic rings. The van der Waals surface area contributed by atoms with Crippen LogP contribution in [0, 0.1) is 0 Å². The van der Waals surface area contributed by atoms with Crippen LogP contribution in [0.4, 0.5) is 18.0 Å². The highest BCUT2D eigenvalue weighted by atomic mass is 19.4. The molecule has 1 amide bonds. The Kier molecular flexibility index (Phi) is 4.45. The Morgan fingerprint density at radius 1 is 1.04 bits per heavy atom. The van der Waals surface area contributed by atoms with Crippen molar-refractivity contribution in [2.75, 3.05) is 0 Å². The van der Waals surface area contributed by atoms with Gasteiger partial charge in [0.15, 0.2) is 5.60 Å². The van der Waals surface area contributed by atoms with Crippen LogP contribution in [0.2, 0.25) is 0 Å². The quantitative estimate of drug-likeness (QED) is 0.788. The number of amides is 1. The fourth-order valence-electron chi connectivity index (χ4n) is 3.30. The smallest absolute Gasteiger partial charge is 0.411 e. The number of ether oxygens (including phenoxy) is 1. The SMILES string of the molecule is CC1N(Cc2ccccc2)C(=O)OC1(CC(F)(F)F)c1ccccc1. The van der Waals surface area contributed by atoms with Gasteiger partial charge in [0.05, 0.1) is 12.5 Å². The molecule has 25 heavy (non-hydrogen) atoms. The van der Waals surface area contributed by atoms with E-state index in [0.717, 1.165) is 5.56 Å². The maximum atomic E-state index is 13.3. The fourth-order valence-corrected chi connectivity index (χ4v) is 3.30. The highest BCUT2D eigenvalue weighted by Gasteiger charge is 2.57. The summed E-state index contributed by atoms with van der Waals surface area (Å²) in [5.41, 5.74) is -0.559. The minimum Gasteiger partial charge on any atom is -0.435 e. The molecule has 3 nitrogen and oxygen atoms in total. The highest BCUT2D eigenvalue weighted by Crippen LogP contribution is 2.46. The number of cyclic esters (lactones) is 1.